The first-order valence-electron chi connectivity index (χ1n) is 18.3. The van der Waals surface area contributed by atoms with Gasteiger partial charge in [-0.2, -0.15) is 26.9 Å². The zero-order valence-electron chi connectivity index (χ0n) is 31.5. The molecule has 296 valence electrons. The van der Waals surface area contributed by atoms with E-state index in [0.29, 0.717) is 31.9 Å². The number of amides is 1. The van der Waals surface area contributed by atoms with Crippen molar-refractivity contribution in [1.29, 1.82) is 5.26 Å². The molecule has 0 bridgehead atoms. The zero-order valence-corrected chi connectivity index (χ0v) is 33.1. The number of ether oxygens (including phenoxy) is 2. The first kappa shape index (κ1) is 42.3. The molecule has 9 nitrogen and oxygen atoms in total. The average molecular weight is 808 g/mol. The van der Waals surface area contributed by atoms with Gasteiger partial charge >= 0.3 is 6.18 Å². The number of thiocarbonyl (C=S) groups is 1. The number of aryl methyl sites for hydroxylation is 1. The summed E-state index contributed by atoms with van der Waals surface area (Å²) in [6.45, 7) is 7.20. The molecule has 14 heteroatoms. The predicted molar refractivity (Wildman–Crippen MR) is 213 cm³/mol. The number of benzene rings is 4. The number of hydrogen-bond donors (Lipinski definition) is 0. The van der Waals surface area contributed by atoms with Gasteiger partial charge in [-0.1, -0.05) is 42.0 Å². The van der Waals surface area contributed by atoms with Gasteiger partial charge in [0.05, 0.1) is 41.0 Å². The Labute approximate surface area is 331 Å². The van der Waals surface area contributed by atoms with Crippen molar-refractivity contribution in [3.8, 4) is 22.9 Å². The van der Waals surface area contributed by atoms with Crippen molar-refractivity contribution in [3.05, 3.63) is 108 Å². The summed E-state index contributed by atoms with van der Waals surface area (Å²) in [7, 11) is -3.72. The number of halogens is 3. The Morgan fingerprint density at radius 3 is 1.91 bits per heavy atom. The first-order chi connectivity index (χ1) is 26.6. The molecule has 0 N–H and O–H groups in total. The zero-order chi connectivity index (χ0) is 40.5. The summed E-state index contributed by atoms with van der Waals surface area (Å²) in [5.41, 5.74) is 0.521. The van der Waals surface area contributed by atoms with Gasteiger partial charge in [-0.25, -0.2) is 0 Å². The quantitative estimate of drug-likeness (QED) is 0.0552. The number of carbonyl (C=O) groups excluding carboxylic acids is 1. The van der Waals surface area contributed by atoms with E-state index in [1.54, 1.807) is 49.1 Å². The predicted octanol–water partition coefficient (Wildman–Crippen LogP) is 9.61. The average Bonchev–Trinajstić information content (AvgIpc) is 3.35. The van der Waals surface area contributed by atoms with Gasteiger partial charge < -0.3 is 14.4 Å². The molecule has 1 fully saturated rings. The minimum Gasteiger partial charge on any atom is -0.494 e. The van der Waals surface area contributed by atoms with E-state index in [0.717, 1.165) is 71.6 Å². The Bertz CT molecular complexity index is 2130. The topological polar surface area (TPSA) is 109 Å². The fourth-order valence-corrected chi connectivity index (χ4v) is 7.67. The van der Waals surface area contributed by atoms with Crippen LogP contribution in [0, 0.1) is 18.3 Å². The molecule has 1 amide bonds. The Balaban J connectivity index is 1.01. The molecule has 5 rings (SSSR count). The molecule has 1 aliphatic heterocycles. The van der Waals surface area contributed by atoms with Crippen LogP contribution < -0.4 is 14.5 Å². The van der Waals surface area contributed by atoms with Gasteiger partial charge in [0.25, 0.3) is 16.0 Å². The van der Waals surface area contributed by atoms with Crippen molar-refractivity contribution in [3.63, 3.8) is 0 Å². The first-order valence-corrected chi connectivity index (χ1v) is 20.1. The molecule has 0 aliphatic carbocycles. The fraction of sp³-hybridized carbons (Fsp3) is 0.357. The molecule has 0 aromatic heterocycles. The van der Waals surface area contributed by atoms with Crippen LogP contribution >= 0.6 is 12.2 Å². The number of nitrogens with zero attached hydrogens (tertiary/aromatic N) is 3. The summed E-state index contributed by atoms with van der Waals surface area (Å²) in [5.74, 6) is 0.256. The number of carbonyl (C=O) groups is 1. The number of hydrogen-bond acceptors (Lipinski definition) is 8. The van der Waals surface area contributed by atoms with Crippen molar-refractivity contribution in [2.75, 3.05) is 36.2 Å². The molecule has 0 saturated carbocycles. The highest BCUT2D eigenvalue weighted by atomic mass is 32.2. The highest BCUT2D eigenvalue weighted by Crippen LogP contribution is 2.40. The second-order valence-electron chi connectivity index (χ2n) is 13.9. The third kappa shape index (κ3) is 10.3. The Morgan fingerprint density at radius 1 is 0.768 bits per heavy atom. The summed E-state index contributed by atoms with van der Waals surface area (Å²) in [6, 6.07) is 26.4. The van der Waals surface area contributed by atoms with Crippen molar-refractivity contribution >= 4 is 44.7 Å². The fourth-order valence-electron chi connectivity index (χ4n) is 6.21. The number of nitriles is 1. The normalized spacial score (nSPS) is 14.3. The van der Waals surface area contributed by atoms with E-state index in [4.69, 9.17) is 25.9 Å². The summed E-state index contributed by atoms with van der Waals surface area (Å²) < 4.78 is 82.3. The molecule has 0 unspecified atom stereocenters. The second kappa shape index (κ2) is 18.4. The van der Waals surface area contributed by atoms with Gasteiger partial charge in [-0.15, -0.1) is 0 Å². The van der Waals surface area contributed by atoms with Gasteiger partial charge in [-0.05, 0) is 137 Å². The summed E-state index contributed by atoms with van der Waals surface area (Å²) in [5, 5.41) is 9.22. The van der Waals surface area contributed by atoms with Crippen LogP contribution in [0.4, 0.5) is 24.5 Å². The van der Waals surface area contributed by atoms with E-state index in [1.165, 1.54) is 6.07 Å². The van der Waals surface area contributed by atoms with Crippen LogP contribution in [0.25, 0.3) is 11.1 Å². The minimum absolute atomic E-state index is 0.0319. The highest BCUT2D eigenvalue weighted by Gasteiger charge is 2.50. The number of unbranched alkanes of at least 4 members (excludes halogenated alkanes) is 4. The van der Waals surface area contributed by atoms with Gasteiger partial charge in [0.2, 0.25) is 0 Å². The third-order valence-corrected chi connectivity index (χ3v) is 11.0. The van der Waals surface area contributed by atoms with E-state index >= 15 is 0 Å². The summed E-state index contributed by atoms with van der Waals surface area (Å²) in [6.07, 6.45) is 0.254. The Hall–Kier alpha value is -4.81. The van der Waals surface area contributed by atoms with Gasteiger partial charge in [0.15, 0.2) is 5.11 Å². The number of anilines is 2. The molecule has 4 aromatic carbocycles. The van der Waals surface area contributed by atoms with Crippen LogP contribution in [0.15, 0.2) is 95.9 Å². The molecule has 4 aromatic rings. The monoisotopic (exact) mass is 807 g/mol. The molecular formula is C42H44F3N3O6S2. The van der Waals surface area contributed by atoms with Gasteiger partial charge in [0.1, 0.15) is 11.3 Å². The third-order valence-electron chi connectivity index (χ3n) is 9.35. The van der Waals surface area contributed by atoms with Crippen LogP contribution in [0.2, 0.25) is 0 Å². The lowest BCUT2D eigenvalue weighted by Crippen LogP contribution is -2.44. The summed E-state index contributed by atoms with van der Waals surface area (Å²) in [4.78, 5) is 16.4. The molecule has 1 heterocycles. The molecule has 56 heavy (non-hydrogen) atoms. The number of alkyl halides is 3. The van der Waals surface area contributed by atoms with Crippen LogP contribution in [0.3, 0.4) is 0 Å². The van der Waals surface area contributed by atoms with E-state index in [1.807, 2.05) is 55.5 Å². The largest absolute Gasteiger partial charge is 0.494 e. The van der Waals surface area contributed by atoms with Crippen molar-refractivity contribution < 1.29 is 40.0 Å². The molecule has 0 atom stereocenters. The lowest BCUT2D eigenvalue weighted by molar-refractivity contribution is -0.137. The van der Waals surface area contributed by atoms with Crippen LogP contribution in [0.5, 0.6) is 5.75 Å². The Morgan fingerprint density at radius 2 is 1.32 bits per heavy atom. The molecule has 0 spiro atoms. The Kier molecular flexibility index (Phi) is 13.9. The van der Waals surface area contributed by atoms with Crippen LogP contribution in [-0.2, 0) is 30.0 Å². The SMILES string of the molecule is Cc1ccc(S(=O)(=O)OCCCCCOCCCCCOc2ccc(-c3ccc(N4C(=S)N(c5ccc(C#N)c(C(F)(F)F)c5)C(=O)C4(C)C)cc3)cc2)cc1. The van der Waals surface area contributed by atoms with E-state index < -0.39 is 38.9 Å². The lowest BCUT2D eigenvalue weighted by Gasteiger charge is -2.29. The van der Waals surface area contributed by atoms with Crippen molar-refractivity contribution in [1.82, 2.24) is 0 Å². The van der Waals surface area contributed by atoms with E-state index in [2.05, 4.69) is 0 Å². The lowest BCUT2D eigenvalue weighted by atomic mass is 10.0. The second-order valence-corrected chi connectivity index (χ2v) is 15.9. The van der Waals surface area contributed by atoms with Gasteiger partial charge in [0, 0.05) is 18.9 Å². The van der Waals surface area contributed by atoms with Crippen LogP contribution in [0.1, 0.15) is 69.1 Å². The molecule has 0 radical (unpaired) electrons. The van der Waals surface area contributed by atoms with E-state index in [-0.39, 0.29) is 22.3 Å². The maximum Gasteiger partial charge on any atom is 0.417 e. The van der Waals surface area contributed by atoms with Crippen molar-refractivity contribution in [2.45, 2.75) is 75.9 Å². The van der Waals surface area contributed by atoms with Crippen molar-refractivity contribution in [2.24, 2.45) is 0 Å². The molecule has 1 saturated heterocycles. The molecule has 1 aliphatic rings. The summed E-state index contributed by atoms with van der Waals surface area (Å²) >= 11 is 5.65. The smallest absolute Gasteiger partial charge is 0.417 e. The maximum atomic E-state index is 13.7. The van der Waals surface area contributed by atoms with E-state index in [9.17, 15) is 31.6 Å². The highest BCUT2D eigenvalue weighted by molar-refractivity contribution is 7.86. The maximum absolute atomic E-state index is 13.7. The minimum atomic E-state index is -4.78. The number of rotatable bonds is 18. The van der Waals surface area contributed by atoms with Gasteiger partial charge in [-0.3, -0.25) is 13.9 Å². The van der Waals surface area contributed by atoms with Crippen LogP contribution in [-0.4, -0.2) is 51.4 Å². The standard InChI is InChI=1S/C42H44F3N3O6S2/c1-30-10-22-37(23-11-30)56(50,51)54-27-9-5-7-25-52-24-6-4-8-26-53-36-20-15-32(16-21-36)31-12-17-34(18-13-31)48-40(55)47(39(49)41(48,2)3)35-19-14-33(29-46)38(28-35)42(43,44)45/h10-23,28H,4-9,24-27H2,1-3H3. The molecular weight excluding hydrogens is 764 g/mol.